The third kappa shape index (κ3) is 3.77. The van der Waals surface area contributed by atoms with E-state index in [1.54, 1.807) is 20.7 Å². The zero-order valence-electron chi connectivity index (χ0n) is 29.5. The molecule has 0 amide bonds. The van der Waals surface area contributed by atoms with Crippen LogP contribution in [0.4, 0.5) is 0 Å². The summed E-state index contributed by atoms with van der Waals surface area (Å²) in [6, 6.07) is 48.8. The van der Waals surface area contributed by atoms with Gasteiger partial charge in [0.25, 0.3) is 0 Å². The molecule has 4 aromatic carbocycles. The normalized spacial score (nSPS) is 19.2. The quantitative estimate of drug-likeness (QED) is 0.194. The van der Waals surface area contributed by atoms with Crippen LogP contribution in [0.1, 0.15) is 83.1 Å². The van der Waals surface area contributed by atoms with Crippen molar-refractivity contribution in [3.63, 3.8) is 0 Å². The lowest BCUT2D eigenvalue weighted by molar-refractivity contribution is 0.626. The van der Waals surface area contributed by atoms with Crippen LogP contribution >= 0.6 is 0 Å². The highest BCUT2D eigenvalue weighted by Crippen LogP contribution is 2.77. The topological polar surface area (TPSA) is 0 Å². The summed E-state index contributed by atoms with van der Waals surface area (Å²) in [4.78, 5) is 0. The van der Waals surface area contributed by atoms with E-state index in [0.29, 0.717) is 0 Å². The third-order valence-electron chi connectivity index (χ3n) is 11.6. The molecule has 0 nitrogen and oxygen atoms in total. The fourth-order valence-corrected chi connectivity index (χ4v) is 170. The van der Waals surface area contributed by atoms with Crippen LogP contribution in [0.25, 0.3) is 0 Å². The van der Waals surface area contributed by atoms with E-state index in [4.69, 9.17) is 0 Å². The first-order valence-corrected chi connectivity index (χ1v) is 28.6. The SMILES string of the molecule is CC(C)(C)[Si]1(C(C)(C)C)[Si](c2ccccc2)(c2ccccc2)[Si](C(C)(C)C)(C(C)(C)C)[Si]1(c1ccccc1)c1ccccc1. The summed E-state index contributed by atoms with van der Waals surface area (Å²) >= 11 is 0. The zero-order chi connectivity index (χ0) is 32.5. The van der Waals surface area contributed by atoms with Crippen LogP contribution in [-0.2, 0) is 0 Å². The van der Waals surface area contributed by atoms with Crippen LogP contribution in [0.3, 0.4) is 0 Å². The molecule has 44 heavy (non-hydrogen) atoms. The van der Waals surface area contributed by atoms with E-state index >= 15 is 0 Å². The Morgan fingerprint density at radius 1 is 0.273 bits per heavy atom. The molecule has 0 aliphatic carbocycles. The Morgan fingerprint density at radius 3 is 0.568 bits per heavy atom. The molecule has 232 valence electrons. The Morgan fingerprint density at radius 2 is 0.432 bits per heavy atom. The standard InChI is InChI=1S/C40H56Si4/c1-37(2,3)43(38(4,5)6)41(33-25-17-13-18-26-33,34-27-19-14-20-28-34)44(39(7,8)9,40(10,11)12)42(43,35-29-21-15-22-30-35)36-31-23-16-24-32-36/h13-32H,1-12H3. The van der Waals surface area contributed by atoms with Gasteiger partial charge in [0.15, 0.2) is 0 Å². The molecule has 1 aliphatic rings. The molecule has 0 spiro atoms. The van der Waals surface area contributed by atoms with Crippen molar-refractivity contribution in [2.75, 3.05) is 0 Å². The second kappa shape index (κ2) is 10.6. The smallest absolute Gasteiger partial charge is 0.0632 e. The van der Waals surface area contributed by atoms with Crippen molar-refractivity contribution in [2.45, 2.75) is 103 Å². The van der Waals surface area contributed by atoms with E-state index in [-0.39, 0.29) is 20.2 Å². The first-order valence-electron chi connectivity index (χ1n) is 16.6. The Hall–Kier alpha value is -2.25. The summed E-state index contributed by atoms with van der Waals surface area (Å²) in [5.41, 5.74) is 0. The van der Waals surface area contributed by atoms with Gasteiger partial charge in [-0.05, 0) is 20.2 Å². The second-order valence-corrected chi connectivity index (χ2v) is 55.8. The Balaban J connectivity index is 2.31. The largest absolute Gasteiger partial charge is 0.103 e. The number of benzene rings is 4. The molecule has 4 aromatic rings. The van der Waals surface area contributed by atoms with Gasteiger partial charge in [0.2, 0.25) is 0 Å². The Labute approximate surface area is 272 Å². The van der Waals surface area contributed by atoms with Crippen molar-refractivity contribution in [3.8, 4) is 0 Å². The van der Waals surface area contributed by atoms with Crippen molar-refractivity contribution >= 4 is 49.2 Å². The maximum absolute atomic E-state index is 2.69. The summed E-state index contributed by atoms with van der Waals surface area (Å²) < 4.78 is 0. The molecule has 0 bridgehead atoms. The van der Waals surface area contributed by atoms with E-state index in [2.05, 4.69) is 204 Å². The summed E-state index contributed by atoms with van der Waals surface area (Å²) in [6.07, 6.45) is 0. The lowest BCUT2D eigenvalue weighted by atomic mass is 10.2. The second-order valence-electron chi connectivity index (χ2n) is 17.5. The minimum atomic E-state index is -2.56. The molecular formula is C40H56Si4. The number of hydrogen-bond acceptors (Lipinski definition) is 0. The highest BCUT2D eigenvalue weighted by molar-refractivity contribution is 8.22. The lowest BCUT2D eigenvalue weighted by Crippen LogP contribution is -3.22. The Kier molecular flexibility index (Phi) is 8.02. The first kappa shape index (κ1) is 33.1. The average Bonchev–Trinajstić information content (AvgIpc) is 2.92. The molecule has 5 rings (SSSR count). The third-order valence-corrected chi connectivity index (χ3v) is 104. The molecule has 0 atom stereocenters. The van der Waals surface area contributed by atoms with Crippen LogP contribution in [0.5, 0.6) is 0 Å². The average molecular weight is 649 g/mol. The maximum Gasteiger partial charge on any atom is 0.103 e. The highest BCUT2D eigenvalue weighted by Gasteiger charge is 2.99. The van der Waals surface area contributed by atoms with Crippen molar-refractivity contribution in [1.82, 2.24) is 0 Å². The summed E-state index contributed by atoms with van der Waals surface area (Å²) in [6.45, 7) is 32.3. The molecule has 4 heteroatoms. The van der Waals surface area contributed by atoms with Crippen LogP contribution in [-0.4, -0.2) is 28.4 Å². The highest BCUT2D eigenvalue weighted by atomic mass is 30.2. The molecule has 1 aliphatic heterocycles. The molecule has 0 radical (unpaired) electrons. The molecule has 1 saturated heterocycles. The fourth-order valence-electron chi connectivity index (χ4n) is 12.6. The van der Waals surface area contributed by atoms with Gasteiger partial charge < -0.3 is 0 Å². The van der Waals surface area contributed by atoms with Crippen molar-refractivity contribution < 1.29 is 0 Å². The molecule has 1 heterocycles. The fraction of sp³-hybridized carbons (Fsp3) is 0.400. The summed E-state index contributed by atoms with van der Waals surface area (Å²) in [7, 11) is -10.1. The van der Waals surface area contributed by atoms with E-state index in [1.807, 2.05) is 0 Å². The zero-order valence-corrected chi connectivity index (χ0v) is 33.5. The van der Waals surface area contributed by atoms with E-state index in [0.717, 1.165) is 0 Å². The maximum atomic E-state index is 2.69. The first-order chi connectivity index (χ1) is 20.4. The Bertz CT molecular complexity index is 1320. The van der Waals surface area contributed by atoms with Gasteiger partial charge in [-0.25, -0.2) is 0 Å². The molecular weight excluding hydrogens is 593 g/mol. The van der Waals surface area contributed by atoms with Gasteiger partial charge in [-0.3, -0.25) is 0 Å². The van der Waals surface area contributed by atoms with Crippen LogP contribution < -0.4 is 20.7 Å². The minimum absolute atomic E-state index is 0.147. The van der Waals surface area contributed by atoms with Gasteiger partial charge in [0.1, 0.15) is 14.2 Å². The molecule has 0 N–H and O–H groups in total. The molecule has 0 unspecified atom stereocenters. The van der Waals surface area contributed by atoms with E-state index in [1.165, 1.54) is 0 Å². The summed E-state index contributed by atoms with van der Waals surface area (Å²) in [5.74, 6) is 0. The predicted octanol–water partition coefficient (Wildman–Crippen LogP) is 8.94. The van der Waals surface area contributed by atoms with Gasteiger partial charge in [-0.15, -0.1) is 0 Å². The minimum Gasteiger partial charge on any atom is -0.0632 e. The van der Waals surface area contributed by atoms with Gasteiger partial charge in [-0.2, -0.15) is 0 Å². The molecule has 1 fully saturated rings. The van der Waals surface area contributed by atoms with Gasteiger partial charge >= 0.3 is 0 Å². The summed E-state index contributed by atoms with van der Waals surface area (Å²) in [5, 5.41) is 7.46. The monoisotopic (exact) mass is 648 g/mol. The van der Waals surface area contributed by atoms with Crippen LogP contribution in [0, 0.1) is 0 Å². The van der Waals surface area contributed by atoms with Gasteiger partial charge in [0, 0.05) is 0 Å². The van der Waals surface area contributed by atoms with Gasteiger partial charge in [-0.1, -0.05) is 225 Å². The molecule has 0 saturated carbocycles. The molecule has 0 aromatic heterocycles. The number of hydrogen-bond donors (Lipinski definition) is 0. The van der Waals surface area contributed by atoms with Crippen molar-refractivity contribution in [3.05, 3.63) is 121 Å². The van der Waals surface area contributed by atoms with Crippen LogP contribution in [0.2, 0.25) is 20.2 Å². The lowest BCUT2D eigenvalue weighted by Gasteiger charge is -2.90. The van der Waals surface area contributed by atoms with Crippen molar-refractivity contribution in [1.29, 1.82) is 0 Å². The number of rotatable bonds is 4. The predicted molar refractivity (Wildman–Crippen MR) is 206 cm³/mol. The van der Waals surface area contributed by atoms with Gasteiger partial charge in [0.05, 0.1) is 14.2 Å². The van der Waals surface area contributed by atoms with E-state index in [9.17, 15) is 0 Å². The van der Waals surface area contributed by atoms with Crippen molar-refractivity contribution in [2.24, 2.45) is 0 Å². The van der Waals surface area contributed by atoms with Crippen LogP contribution in [0.15, 0.2) is 121 Å². The van der Waals surface area contributed by atoms with E-state index < -0.39 is 28.4 Å².